The highest BCUT2D eigenvalue weighted by Crippen LogP contribution is 2.39. The molecule has 4 aromatic rings. The van der Waals surface area contributed by atoms with Crippen molar-refractivity contribution in [2.45, 2.75) is 110 Å². The molecule has 2 amide bonds. The second-order valence-electron chi connectivity index (χ2n) is 16.2. The number of Topliss-reactive ketones (excluding diaryl/α,β-unsaturated/α-hetero) is 1. The summed E-state index contributed by atoms with van der Waals surface area (Å²) in [7, 11) is 1.34. The quantitative estimate of drug-likeness (QED) is 0.100. The van der Waals surface area contributed by atoms with Gasteiger partial charge in [-0.2, -0.15) is 4.68 Å². The zero-order valence-electron chi connectivity index (χ0n) is 33.3. The Morgan fingerprint density at radius 1 is 0.778 bits per heavy atom. The molecule has 0 aliphatic carbocycles. The molecule has 0 saturated carbocycles. The van der Waals surface area contributed by atoms with Crippen LogP contribution >= 0.6 is 11.6 Å². The van der Waals surface area contributed by atoms with Crippen LogP contribution in [-0.4, -0.2) is 37.6 Å². The average molecular weight is 760 g/mol. The highest BCUT2D eigenvalue weighted by atomic mass is 35.5. The summed E-state index contributed by atoms with van der Waals surface area (Å²) in [4.78, 5) is 65.9. The lowest BCUT2D eigenvalue weighted by molar-refractivity contribution is -0.138. The SMILES string of the molecule is CCC(C)(C)c1ccc(OC(C)CC(=O)Nc2cccc(NC(=O)C(Cl)(C(=O)C(C)(C)C)n3c(=O)n(C)n(-c4ccccc4)c3=O)c2)c(C(C)(C)CC)c1. The Labute approximate surface area is 322 Å². The van der Waals surface area contributed by atoms with Crippen LogP contribution in [0.2, 0.25) is 0 Å². The number of halogens is 1. The molecule has 1 heterocycles. The molecule has 2 unspecified atom stereocenters. The zero-order chi connectivity index (χ0) is 40.4. The number of ether oxygens (including phenoxy) is 1. The Morgan fingerprint density at radius 2 is 1.37 bits per heavy atom. The predicted molar refractivity (Wildman–Crippen MR) is 215 cm³/mol. The molecule has 2 atom stereocenters. The molecule has 2 N–H and O–H groups in total. The van der Waals surface area contributed by atoms with Crippen LogP contribution in [0.1, 0.15) is 99.6 Å². The van der Waals surface area contributed by atoms with Gasteiger partial charge in [-0.25, -0.2) is 18.8 Å². The number of carbonyl (C=O) groups is 3. The molecule has 12 heteroatoms. The molecule has 11 nitrogen and oxygen atoms in total. The number of carbonyl (C=O) groups excluding carboxylic acids is 3. The number of anilines is 2. The van der Waals surface area contributed by atoms with E-state index in [-0.39, 0.29) is 28.8 Å². The van der Waals surface area contributed by atoms with Crippen molar-refractivity contribution in [3.63, 3.8) is 0 Å². The molecule has 54 heavy (non-hydrogen) atoms. The van der Waals surface area contributed by atoms with Gasteiger partial charge in [-0.15, -0.1) is 0 Å². The van der Waals surface area contributed by atoms with Crippen molar-refractivity contribution in [2.75, 3.05) is 10.6 Å². The van der Waals surface area contributed by atoms with E-state index in [0.29, 0.717) is 15.9 Å². The maximum atomic E-state index is 14.1. The van der Waals surface area contributed by atoms with Crippen molar-refractivity contribution < 1.29 is 19.1 Å². The van der Waals surface area contributed by atoms with Crippen LogP contribution in [0.25, 0.3) is 5.69 Å². The summed E-state index contributed by atoms with van der Waals surface area (Å²) in [6, 6.07) is 20.9. The van der Waals surface area contributed by atoms with Gasteiger partial charge in [0.15, 0.2) is 5.78 Å². The zero-order valence-corrected chi connectivity index (χ0v) is 34.1. The lowest BCUT2D eigenvalue weighted by Gasteiger charge is -2.31. The number of amides is 2. The first-order valence-corrected chi connectivity index (χ1v) is 18.7. The summed E-state index contributed by atoms with van der Waals surface area (Å²) < 4.78 is 8.89. The van der Waals surface area contributed by atoms with Crippen LogP contribution in [0.15, 0.2) is 82.4 Å². The minimum Gasteiger partial charge on any atom is -0.490 e. The molecular formula is C42H54ClN5O6. The van der Waals surface area contributed by atoms with Crippen molar-refractivity contribution >= 4 is 40.6 Å². The number of alkyl halides is 1. The molecule has 1 aromatic heterocycles. The summed E-state index contributed by atoms with van der Waals surface area (Å²) in [6.45, 7) is 19.6. The van der Waals surface area contributed by atoms with E-state index in [4.69, 9.17) is 16.3 Å². The van der Waals surface area contributed by atoms with E-state index in [1.54, 1.807) is 42.5 Å². The van der Waals surface area contributed by atoms with Crippen molar-refractivity contribution in [1.82, 2.24) is 13.9 Å². The van der Waals surface area contributed by atoms with E-state index in [1.807, 2.05) is 13.0 Å². The number of benzene rings is 3. The fourth-order valence-corrected chi connectivity index (χ4v) is 6.53. The largest absolute Gasteiger partial charge is 0.490 e. The lowest BCUT2D eigenvalue weighted by atomic mass is 9.76. The molecule has 0 bridgehead atoms. The Bertz CT molecular complexity index is 2140. The highest BCUT2D eigenvalue weighted by molar-refractivity contribution is 6.45. The first-order chi connectivity index (χ1) is 25.1. The van der Waals surface area contributed by atoms with Gasteiger partial charge in [0, 0.05) is 29.4 Å². The molecule has 0 aliphatic heterocycles. The normalized spacial score (nSPS) is 13.9. The number of hydrogen-bond donors (Lipinski definition) is 2. The van der Waals surface area contributed by atoms with E-state index in [1.165, 1.54) is 45.5 Å². The van der Waals surface area contributed by atoms with Gasteiger partial charge in [0.2, 0.25) is 5.91 Å². The molecule has 4 rings (SSSR count). The summed E-state index contributed by atoms with van der Waals surface area (Å²) in [5.41, 5.74) is -0.121. The average Bonchev–Trinajstić information content (AvgIpc) is 3.34. The van der Waals surface area contributed by atoms with Crippen molar-refractivity contribution in [3.05, 3.63) is 105 Å². The first kappa shape index (κ1) is 41.9. The number of ketones is 1. The minimum atomic E-state index is -2.76. The number of nitrogens with one attached hydrogen (secondary N) is 2. The van der Waals surface area contributed by atoms with Gasteiger partial charge in [-0.3, -0.25) is 14.4 Å². The van der Waals surface area contributed by atoms with Gasteiger partial charge in [-0.05, 0) is 72.6 Å². The van der Waals surface area contributed by atoms with Gasteiger partial charge in [0.05, 0.1) is 12.1 Å². The topological polar surface area (TPSA) is 133 Å². The number of rotatable bonds is 14. The van der Waals surface area contributed by atoms with Crippen molar-refractivity contribution in [1.29, 1.82) is 0 Å². The van der Waals surface area contributed by atoms with Crippen LogP contribution < -0.4 is 26.7 Å². The minimum absolute atomic E-state index is 0.00725. The summed E-state index contributed by atoms with van der Waals surface area (Å²) in [5.74, 6) is -1.56. The third kappa shape index (κ3) is 8.57. The fourth-order valence-electron chi connectivity index (χ4n) is 6.05. The Hall–Kier alpha value is -4.90. The monoisotopic (exact) mass is 759 g/mol. The third-order valence-corrected chi connectivity index (χ3v) is 10.7. The standard InChI is InChI=1S/C42H54ClN5O6/c1-12-40(7,8)28-22-23-33(32(25-28)41(9,10)13-2)54-27(3)24-34(49)44-29-18-17-19-30(26-29)45-36(51)42(43,35(50)39(4,5)6)47-37(52)46(11)48(38(47)53)31-20-15-14-16-21-31/h14-23,25-27H,12-13,24H2,1-11H3,(H,44,49)(H,45,51). The molecule has 0 radical (unpaired) electrons. The van der Waals surface area contributed by atoms with Crippen LogP contribution in [0.3, 0.4) is 0 Å². The van der Waals surface area contributed by atoms with E-state index < -0.39 is 39.6 Å². The Kier molecular flexibility index (Phi) is 12.3. The van der Waals surface area contributed by atoms with E-state index in [0.717, 1.165) is 33.5 Å². The summed E-state index contributed by atoms with van der Waals surface area (Å²) >= 11 is 6.91. The summed E-state index contributed by atoms with van der Waals surface area (Å²) in [6.07, 6.45) is 1.48. The van der Waals surface area contributed by atoms with Crippen molar-refractivity contribution in [3.8, 4) is 11.4 Å². The van der Waals surface area contributed by atoms with Crippen LogP contribution in [0, 0.1) is 5.41 Å². The van der Waals surface area contributed by atoms with Gasteiger partial charge in [0.1, 0.15) is 11.9 Å². The highest BCUT2D eigenvalue weighted by Gasteiger charge is 2.53. The van der Waals surface area contributed by atoms with Gasteiger partial charge >= 0.3 is 11.4 Å². The van der Waals surface area contributed by atoms with Crippen LogP contribution in [0.4, 0.5) is 11.4 Å². The smallest absolute Gasteiger partial charge is 0.354 e. The molecule has 0 saturated heterocycles. The predicted octanol–water partition coefficient (Wildman–Crippen LogP) is 7.65. The first-order valence-electron chi connectivity index (χ1n) is 18.3. The molecule has 0 aliphatic rings. The second kappa shape index (κ2) is 15.8. The Morgan fingerprint density at radius 3 is 1.94 bits per heavy atom. The number of para-hydroxylation sites is 1. The molecule has 290 valence electrons. The van der Waals surface area contributed by atoms with Gasteiger partial charge in [-0.1, -0.05) is 110 Å². The van der Waals surface area contributed by atoms with E-state index >= 15 is 0 Å². The third-order valence-electron chi connectivity index (χ3n) is 10.2. The van der Waals surface area contributed by atoms with Crippen LogP contribution in [-0.2, 0) is 37.3 Å². The molecular weight excluding hydrogens is 706 g/mol. The Balaban J connectivity index is 1.57. The molecule has 3 aromatic carbocycles. The second-order valence-corrected chi connectivity index (χ2v) is 16.7. The number of nitrogens with zero attached hydrogens (tertiary/aromatic N) is 3. The fraction of sp³-hybridized carbons (Fsp3) is 0.452. The van der Waals surface area contributed by atoms with Gasteiger partial charge < -0.3 is 15.4 Å². The van der Waals surface area contributed by atoms with Gasteiger partial charge in [0.25, 0.3) is 10.9 Å². The number of hydrogen-bond acceptors (Lipinski definition) is 6. The maximum absolute atomic E-state index is 14.1. The van der Waals surface area contributed by atoms with Crippen molar-refractivity contribution in [2.24, 2.45) is 12.5 Å². The maximum Gasteiger partial charge on any atom is 0.354 e. The van der Waals surface area contributed by atoms with E-state index in [2.05, 4.69) is 64.3 Å². The molecule has 0 spiro atoms. The number of aromatic nitrogens is 3. The summed E-state index contributed by atoms with van der Waals surface area (Å²) in [5, 5.41) is 5.45. The lowest BCUT2D eigenvalue weighted by Crippen LogP contribution is -2.58. The van der Waals surface area contributed by atoms with Crippen LogP contribution in [0.5, 0.6) is 5.75 Å². The van der Waals surface area contributed by atoms with E-state index in [9.17, 15) is 24.0 Å². The molecule has 0 fully saturated rings.